The van der Waals surface area contributed by atoms with Crippen LogP contribution in [0.2, 0.25) is 0 Å². The summed E-state index contributed by atoms with van der Waals surface area (Å²) in [6.07, 6.45) is 2.33. The van der Waals surface area contributed by atoms with Crippen molar-refractivity contribution >= 4 is 0 Å². The van der Waals surface area contributed by atoms with E-state index in [-0.39, 0.29) is 0 Å². The van der Waals surface area contributed by atoms with E-state index < -0.39 is 0 Å². The lowest BCUT2D eigenvalue weighted by molar-refractivity contribution is 0.411. The molecule has 0 saturated heterocycles. The highest BCUT2D eigenvalue weighted by Gasteiger charge is 2.22. The van der Waals surface area contributed by atoms with Crippen LogP contribution in [0.4, 0.5) is 0 Å². The summed E-state index contributed by atoms with van der Waals surface area (Å²) in [7, 11) is 3.41. The van der Waals surface area contributed by atoms with E-state index in [4.69, 9.17) is 9.47 Å². The van der Waals surface area contributed by atoms with Gasteiger partial charge in [0.1, 0.15) is 11.5 Å². The van der Waals surface area contributed by atoms with E-state index in [1.54, 1.807) is 14.2 Å². The zero-order valence-electron chi connectivity index (χ0n) is 14.0. The van der Waals surface area contributed by atoms with Gasteiger partial charge >= 0.3 is 0 Å². The molecule has 2 nitrogen and oxygen atoms in total. The highest BCUT2D eigenvalue weighted by Crippen LogP contribution is 2.37. The molecule has 118 valence electrons. The van der Waals surface area contributed by atoms with Crippen LogP contribution in [-0.2, 0) is 0 Å². The fourth-order valence-corrected chi connectivity index (χ4v) is 3.12. The first-order valence-corrected chi connectivity index (χ1v) is 8.01. The number of hydrogen-bond acceptors (Lipinski definition) is 2. The van der Waals surface area contributed by atoms with Crippen LogP contribution >= 0.6 is 0 Å². The zero-order valence-corrected chi connectivity index (χ0v) is 14.0. The van der Waals surface area contributed by atoms with Crippen molar-refractivity contribution in [3.63, 3.8) is 0 Å². The molecule has 0 unspecified atom stereocenters. The third-order valence-electron chi connectivity index (χ3n) is 4.47. The SMILES string of the molecule is CCC(CC)C(c1ccc(OC)cc1)c1ccc(OC)cc1. The summed E-state index contributed by atoms with van der Waals surface area (Å²) in [5.74, 6) is 2.84. The molecule has 0 aliphatic heterocycles. The Bertz CT molecular complexity index is 506. The van der Waals surface area contributed by atoms with Crippen LogP contribution < -0.4 is 9.47 Å². The van der Waals surface area contributed by atoms with Gasteiger partial charge in [-0.2, -0.15) is 0 Å². The topological polar surface area (TPSA) is 18.5 Å². The van der Waals surface area contributed by atoms with Gasteiger partial charge in [0.2, 0.25) is 0 Å². The molecule has 0 aliphatic rings. The van der Waals surface area contributed by atoms with Gasteiger partial charge in [-0.25, -0.2) is 0 Å². The predicted molar refractivity (Wildman–Crippen MR) is 91.9 cm³/mol. The van der Waals surface area contributed by atoms with Gasteiger partial charge in [-0.15, -0.1) is 0 Å². The van der Waals surface area contributed by atoms with E-state index in [2.05, 4.69) is 38.1 Å². The van der Waals surface area contributed by atoms with E-state index in [1.807, 2.05) is 24.3 Å². The van der Waals surface area contributed by atoms with Crippen LogP contribution in [0.25, 0.3) is 0 Å². The molecule has 2 aromatic rings. The van der Waals surface area contributed by atoms with Gasteiger partial charge in [0.15, 0.2) is 0 Å². The van der Waals surface area contributed by atoms with Crippen molar-refractivity contribution in [3.05, 3.63) is 59.7 Å². The Balaban J connectivity index is 2.39. The fourth-order valence-electron chi connectivity index (χ4n) is 3.12. The second kappa shape index (κ2) is 7.88. The quantitative estimate of drug-likeness (QED) is 0.693. The first kappa shape index (κ1) is 16.4. The van der Waals surface area contributed by atoms with Crippen LogP contribution in [0.15, 0.2) is 48.5 Å². The van der Waals surface area contributed by atoms with Crippen molar-refractivity contribution in [2.24, 2.45) is 5.92 Å². The molecule has 0 bridgehead atoms. The number of benzene rings is 2. The Morgan fingerprint density at radius 3 is 1.32 bits per heavy atom. The van der Waals surface area contributed by atoms with E-state index in [0.717, 1.165) is 11.5 Å². The second-order valence-electron chi connectivity index (χ2n) is 5.60. The van der Waals surface area contributed by atoms with Gasteiger partial charge in [0.05, 0.1) is 14.2 Å². The van der Waals surface area contributed by atoms with Gasteiger partial charge in [-0.05, 0) is 41.3 Å². The summed E-state index contributed by atoms with van der Waals surface area (Å²) in [5, 5.41) is 0. The van der Waals surface area contributed by atoms with Crippen molar-refractivity contribution in [2.45, 2.75) is 32.6 Å². The Morgan fingerprint density at radius 2 is 1.05 bits per heavy atom. The van der Waals surface area contributed by atoms with E-state index in [0.29, 0.717) is 11.8 Å². The minimum atomic E-state index is 0.409. The molecular weight excluding hydrogens is 272 g/mol. The molecule has 0 aliphatic carbocycles. The lowest BCUT2D eigenvalue weighted by Gasteiger charge is -2.26. The van der Waals surface area contributed by atoms with E-state index in [1.165, 1.54) is 24.0 Å². The van der Waals surface area contributed by atoms with Crippen molar-refractivity contribution in [2.75, 3.05) is 14.2 Å². The smallest absolute Gasteiger partial charge is 0.118 e. The largest absolute Gasteiger partial charge is 0.497 e. The maximum absolute atomic E-state index is 5.28. The molecule has 0 fully saturated rings. The first-order chi connectivity index (χ1) is 10.7. The zero-order chi connectivity index (χ0) is 15.9. The summed E-state index contributed by atoms with van der Waals surface area (Å²) in [6.45, 7) is 4.54. The number of hydrogen-bond donors (Lipinski definition) is 0. The molecule has 0 N–H and O–H groups in total. The molecule has 0 heterocycles. The van der Waals surface area contributed by atoms with Gasteiger partial charge in [-0.3, -0.25) is 0 Å². The summed E-state index contributed by atoms with van der Waals surface area (Å²) < 4.78 is 10.6. The average Bonchev–Trinajstić information content (AvgIpc) is 2.60. The van der Waals surface area contributed by atoms with Gasteiger partial charge in [0, 0.05) is 5.92 Å². The van der Waals surface area contributed by atoms with Crippen molar-refractivity contribution in [1.82, 2.24) is 0 Å². The minimum absolute atomic E-state index is 0.409. The highest BCUT2D eigenvalue weighted by atomic mass is 16.5. The van der Waals surface area contributed by atoms with Crippen molar-refractivity contribution < 1.29 is 9.47 Å². The molecule has 2 aromatic carbocycles. The molecule has 2 heteroatoms. The molecule has 0 spiro atoms. The second-order valence-corrected chi connectivity index (χ2v) is 5.60. The highest BCUT2D eigenvalue weighted by molar-refractivity contribution is 5.38. The van der Waals surface area contributed by atoms with Gasteiger partial charge < -0.3 is 9.47 Å². The maximum Gasteiger partial charge on any atom is 0.118 e. The predicted octanol–water partition coefficient (Wildman–Crippen LogP) is 5.27. The van der Waals surface area contributed by atoms with Crippen molar-refractivity contribution in [1.29, 1.82) is 0 Å². The first-order valence-electron chi connectivity index (χ1n) is 8.01. The Kier molecular flexibility index (Phi) is 5.88. The molecule has 0 atom stereocenters. The lowest BCUT2D eigenvalue weighted by atomic mass is 9.78. The van der Waals surface area contributed by atoms with Crippen LogP contribution in [0, 0.1) is 5.92 Å². The van der Waals surface area contributed by atoms with Gasteiger partial charge in [-0.1, -0.05) is 51.0 Å². The standard InChI is InChI=1S/C20H26O2/c1-5-15(6-2)20(16-7-11-18(21-3)12-8-16)17-9-13-19(22-4)14-10-17/h7-15,20H,5-6H2,1-4H3. The molecule has 0 radical (unpaired) electrons. The lowest BCUT2D eigenvalue weighted by Crippen LogP contribution is -2.13. The molecule has 0 aromatic heterocycles. The van der Waals surface area contributed by atoms with E-state index >= 15 is 0 Å². The number of ether oxygens (including phenoxy) is 2. The molecule has 2 rings (SSSR count). The summed E-state index contributed by atoms with van der Waals surface area (Å²) in [6, 6.07) is 16.9. The molecule has 0 amide bonds. The molecule has 0 saturated carbocycles. The van der Waals surface area contributed by atoms with E-state index in [9.17, 15) is 0 Å². The average molecular weight is 298 g/mol. The van der Waals surface area contributed by atoms with Crippen LogP contribution in [0.1, 0.15) is 43.7 Å². The van der Waals surface area contributed by atoms with Crippen LogP contribution in [0.5, 0.6) is 11.5 Å². The summed E-state index contributed by atoms with van der Waals surface area (Å²) >= 11 is 0. The number of methoxy groups -OCH3 is 2. The van der Waals surface area contributed by atoms with Crippen LogP contribution in [0.3, 0.4) is 0 Å². The minimum Gasteiger partial charge on any atom is -0.497 e. The van der Waals surface area contributed by atoms with Gasteiger partial charge in [0.25, 0.3) is 0 Å². The van der Waals surface area contributed by atoms with Crippen LogP contribution in [-0.4, -0.2) is 14.2 Å². The third-order valence-corrected chi connectivity index (χ3v) is 4.47. The molecule has 22 heavy (non-hydrogen) atoms. The number of rotatable bonds is 7. The van der Waals surface area contributed by atoms with Crippen molar-refractivity contribution in [3.8, 4) is 11.5 Å². The normalized spacial score (nSPS) is 11.0. The fraction of sp³-hybridized carbons (Fsp3) is 0.400. The Labute approximate surface area is 134 Å². The monoisotopic (exact) mass is 298 g/mol. The maximum atomic E-state index is 5.28. The summed E-state index contributed by atoms with van der Waals surface area (Å²) in [4.78, 5) is 0. The Hall–Kier alpha value is -1.96. The third kappa shape index (κ3) is 3.62. The summed E-state index contributed by atoms with van der Waals surface area (Å²) in [5.41, 5.74) is 2.69. The Morgan fingerprint density at radius 1 is 0.682 bits per heavy atom. The molecular formula is C20H26O2.